The van der Waals surface area contributed by atoms with Crippen LogP contribution in [0.25, 0.3) is 0 Å². The third-order valence-electron chi connectivity index (χ3n) is 2.64. The average Bonchev–Trinajstić information content (AvgIpc) is 2.86. The van der Waals surface area contributed by atoms with E-state index in [4.69, 9.17) is 9.15 Å². The molecule has 1 aliphatic heterocycles. The van der Waals surface area contributed by atoms with Crippen molar-refractivity contribution >= 4 is 21.8 Å². The summed E-state index contributed by atoms with van der Waals surface area (Å²) < 4.78 is 10.7. The fourth-order valence-electron chi connectivity index (χ4n) is 1.75. The van der Waals surface area contributed by atoms with Crippen LogP contribution >= 0.6 is 15.9 Å². The quantitative estimate of drug-likeness (QED) is 0.862. The molecule has 1 unspecified atom stereocenters. The molecule has 1 aromatic heterocycles. The molecule has 0 aromatic carbocycles. The molecule has 1 saturated heterocycles. The van der Waals surface area contributed by atoms with Crippen molar-refractivity contribution in [2.75, 3.05) is 20.2 Å². The number of nitrogens with one attached hydrogen (secondary N) is 2. The highest BCUT2D eigenvalue weighted by molar-refractivity contribution is 9.10. The number of rotatable bonds is 3. The Balaban J connectivity index is 2.00. The standard InChI is InChI=1S/C10H13BrN2O3/c1-15-8-5-12-4-7(8)13-10(14)6-2-3-16-9(6)11/h2-3,7-8,12H,4-5H2,1H3,(H,13,14)/t7?,8-/m0/s1. The number of amides is 1. The van der Waals surface area contributed by atoms with Gasteiger partial charge in [0, 0.05) is 20.2 Å². The molecular formula is C10H13BrN2O3. The van der Waals surface area contributed by atoms with Gasteiger partial charge in [0.25, 0.3) is 5.91 Å². The second kappa shape index (κ2) is 4.99. The third kappa shape index (κ3) is 2.28. The van der Waals surface area contributed by atoms with E-state index in [1.807, 2.05) is 0 Å². The zero-order valence-corrected chi connectivity index (χ0v) is 10.4. The van der Waals surface area contributed by atoms with Gasteiger partial charge in [-0.2, -0.15) is 0 Å². The van der Waals surface area contributed by atoms with E-state index in [-0.39, 0.29) is 18.1 Å². The van der Waals surface area contributed by atoms with Crippen molar-refractivity contribution in [3.05, 3.63) is 22.6 Å². The number of carbonyl (C=O) groups excluding carboxylic acids is 1. The summed E-state index contributed by atoms with van der Waals surface area (Å²) in [6.45, 7) is 1.48. The van der Waals surface area contributed by atoms with Crippen LogP contribution in [0.3, 0.4) is 0 Å². The molecule has 1 amide bonds. The Hall–Kier alpha value is -0.850. The maximum atomic E-state index is 11.9. The molecule has 2 N–H and O–H groups in total. The van der Waals surface area contributed by atoms with E-state index >= 15 is 0 Å². The van der Waals surface area contributed by atoms with E-state index in [1.54, 1.807) is 13.2 Å². The van der Waals surface area contributed by atoms with E-state index in [9.17, 15) is 4.79 Å². The number of hydrogen-bond acceptors (Lipinski definition) is 4. The van der Waals surface area contributed by atoms with Crippen LogP contribution in [-0.2, 0) is 4.74 Å². The second-order valence-corrected chi connectivity index (χ2v) is 4.34. The minimum atomic E-state index is -0.156. The van der Waals surface area contributed by atoms with Crippen molar-refractivity contribution in [3.8, 4) is 0 Å². The lowest BCUT2D eigenvalue weighted by Gasteiger charge is -2.18. The highest BCUT2D eigenvalue weighted by Crippen LogP contribution is 2.17. The van der Waals surface area contributed by atoms with Crippen LogP contribution in [0.15, 0.2) is 21.4 Å². The van der Waals surface area contributed by atoms with E-state index in [1.165, 1.54) is 6.26 Å². The fraction of sp³-hybridized carbons (Fsp3) is 0.500. The Morgan fingerprint density at radius 2 is 2.50 bits per heavy atom. The van der Waals surface area contributed by atoms with Gasteiger partial charge in [0.2, 0.25) is 0 Å². The Kier molecular flexibility index (Phi) is 3.63. The van der Waals surface area contributed by atoms with Gasteiger partial charge in [0.1, 0.15) is 0 Å². The molecule has 6 heteroatoms. The Morgan fingerprint density at radius 1 is 1.69 bits per heavy atom. The summed E-state index contributed by atoms with van der Waals surface area (Å²) in [7, 11) is 1.64. The zero-order chi connectivity index (χ0) is 11.5. The molecule has 88 valence electrons. The molecule has 1 aromatic rings. The van der Waals surface area contributed by atoms with E-state index < -0.39 is 0 Å². The number of halogens is 1. The van der Waals surface area contributed by atoms with Crippen LogP contribution in [-0.4, -0.2) is 38.3 Å². The van der Waals surface area contributed by atoms with E-state index in [2.05, 4.69) is 26.6 Å². The Bertz CT molecular complexity index is 380. The van der Waals surface area contributed by atoms with Gasteiger partial charge in [0.05, 0.1) is 24.0 Å². The molecule has 2 atom stereocenters. The summed E-state index contributed by atoms with van der Waals surface area (Å²) in [5, 5.41) is 6.07. The third-order valence-corrected chi connectivity index (χ3v) is 3.25. The maximum absolute atomic E-state index is 11.9. The molecule has 0 spiro atoms. The number of hydrogen-bond donors (Lipinski definition) is 2. The first-order chi connectivity index (χ1) is 7.72. The molecule has 0 aliphatic carbocycles. The first-order valence-electron chi connectivity index (χ1n) is 4.99. The summed E-state index contributed by atoms with van der Waals surface area (Å²) in [6.07, 6.45) is 1.49. The fourth-order valence-corrected chi connectivity index (χ4v) is 2.17. The van der Waals surface area contributed by atoms with E-state index in [0.29, 0.717) is 10.2 Å². The minimum Gasteiger partial charge on any atom is -0.457 e. The maximum Gasteiger partial charge on any atom is 0.256 e. The zero-order valence-electron chi connectivity index (χ0n) is 8.83. The Morgan fingerprint density at radius 3 is 3.12 bits per heavy atom. The van der Waals surface area contributed by atoms with Gasteiger partial charge in [-0.15, -0.1) is 0 Å². The van der Waals surface area contributed by atoms with Gasteiger partial charge in [-0.05, 0) is 22.0 Å². The monoisotopic (exact) mass is 288 g/mol. The highest BCUT2D eigenvalue weighted by atomic mass is 79.9. The van der Waals surface area contributed by atoms with Crippen LogP contribution in [0, 0.1) is 0 Å². The Labute approximate surface area is 102 Å². The lowest BCUT2D eigenvalue weighted by molar-refractivity contribution is 0.0778. The van der Waals surface area contributed by atoms with Crippen molar-refractivity contribution in [2.24, 2.45) is 0 Å². The average molecular weight is 289 g/mol. The largest absolute Gasteiger partial charge is 0.457 e. The van der Waals surface area contributed by atoms with Crippen molar-refractivity contribution in [3.63, 3.8) is 0 Å². The first-order valence-corrected chi connectivity index (χ1v) is 5.79. The van der Waals surface area contributed by atoms with Crippen molar-refractivity contribution in [2.45, 2.75) is 12.1 Å². The van der Waals surface area contributed by atoms with Crippen molar-refractivity contribution in [1.82, 2.24) is 10.6 Å². The summed E-state index contributed by atoms with van der Waals surface area (Å²) in [5.41, 5.74) is 0.502. The molecule has 2 heterocycles. The van der Waals surface area contributed by atoms with Gasteiger partial charge in [0.15, 0.2) is 4.67 Å². The van der Waals surface area contributed by atoms with Crippen LogP contribution in [0.2, 0.25) is 0 Å². The van der Waals surface area contributed by atoms with Crippen molar-refractivity contribution < 1.29 is 13.9 Å². The summed E-state index contributed by atoms with van der Waals surface area (Å²) >= 11 is 3.17. The normalized spacial score (nSPS) is 24.6. The number of methoxy groups -OCH3 is 1. The molecule has 1 aliphatic rings. The van der Waals surface area contributed by atoms with E-state index in [0.717, 1.165) is 13.1 Å². The predicted molar refractivity (Wildman–Crippen MR) is 61.3 cm³/mol. The van der Waals surface area contributed by atoms with Crippen LogP contribution < -0.4 is 10.6 Å². The molecule has 5 nitrogen and oxygen atoms in total. The lowest BCUT2D eigenvalue weighted by atomic mass is 10.2. The highest BCUT2D eigenvalue weighted by Gasteiger charge is 2.29. The molecule has 0 bridgehead atoms. The molecule has 0 radical (unpaired) electrons. The molecular weight excluding hydrogens is 276 g/mol. The van der Waals surface area contributed by atoms with Gasteiger partial charge in [-0.25, -0.2) is 0 Å². The molecule has 0 saturated carbocycles. The van der Waals surface area contributed by atoms with Gasteiger partial charge in [-0.3, -0.25) is 4.79 Å². The summed E-state index contributed by atoms with van der Waals surface area (Å²) in [5.74, 6) is -0.156. The van der Waals surface area contributed by atoms with Crippen LogP contribution in [0.5, 0.6) is 0 Å². The topological polar surface area (TPSA) is 63.5 Å². The van der Waals surface area contributed by atoms with Gasteiger partial charge >= 0.3 is 0 Å². The predicted octanol–water partition coefficient (Wildman–Crippen LogP) is 0.759. The first kappa shape index (κ1) is 11.6. The summed E-state index contributed by atoms with van der Waals surface area (Å²) in [6, 6.07) is 1.63. The molecule has 1 fully saturated rings. The van der Waals surface area contributed by atoms with Crippen LogP contribution in [0.4, 0.5) is 0 Å². The smallest absolute Gasteiger partial charge is 0.256 e. The summed E-state index contributed by atoms with van der Waals surface area (Å²) in [4.78, 5) is 11.9. The van der Waals surface area contributed by atoms with Gasteiger partial charge in [-0.1, -0.05) is 0 Å². The minimum absolute atomic E-state index is 0.000648. The number of carbonyl (C=O) groups is 1. The van der Waals surface area contributed by atoms with Gasteiger partial charge < -0.3 is 19.8 Å². The van der Waals surface area contributed by atoms with Crippen molar-refractivity contribution in [1.29, 1.82) is 0 Å². The molecule has 16 heavy (non-hydrogen) atoms. The van der Waals surface area contributed by atoms with Crippen LogP contribution in [0.1, 0.15) is 10.4 Å². The lowest BCUT2D eigenvalue weighted by Crippen LogP contribution is -2.43. The SMILES string of the molecule is CO[C@H]1CNCC1NC(=O)c1ccoc1Br. The second-order valence-electron chi connectivity index (χ2n) is 3.62. The number of furan rings is 1. The number of ether oxygens (including phenoxy) is 1. The molecule has 2 rings (SSSR count).